The highest BCUT2D eigenvalue weighted by Crippen LogP contribution is 2.19. The molecule has 4 nitrogen and oxygen atoms in total. The average molecular weight is 188 g/mol. The lowest BCUT2D eigenvalue weighted by molar-refractivity contribution is 0.421. The molecule has 6 heteroatoms. The van der Waals surface area contributed by atoms with Crippen LogP contribution in [0.5, 0.6) is 0 Å². The van der Waals surface area contributed by atoms with Crippen molar-refractivity contribution in [2.24, 2.45) is 0 Å². The van der Waals surface area contributed by atoms with Crippen LogP contribution in [0.2, 0.25) is 5.35 Å². The second-order valence-electron chi connectivity index (χ2n) is 1.71. The average Bonchev–Trinajstić information content (AvgIpc) is 2.55. The molecule has 2 rings (SSSR count). The summed E-state index contributed by atoms with van der Waals surface area (Å²) in [6, 6.07) is 0. The van der Waals surface area contributed by atoms with Crippen LogP contribution in [0, 0.1) is 0 Å². The zero-order valence-electron chi connectivity index (χ0n) is 5.19. The highest BCUT2D eigenvalue weighted by molar-refractivity contribution is 7.12. The molecular weight excluding hydrogens is 186 g/mol. The molecule has 0 aliphatic rings. The molecule has 0 aliphatic heterocycles. The Labute approximate surface area is 70.8 Å². The molecule has 0 aliphatic carbocycles. The van der Waals surface area contributed by atoms with E-state index in [4.69, 9.17) is 11.6 Å². The van der Waals surface area contributed by atoms with Crippen molar-refractivity contribution >= 4 is 22.9 Å². The van der Waals surface area contributed by atoms with E-state index in [0.717, 1.165) is 0 Å². The summed E-state index contributed by atoms with van der Waals surface area (Å²) in [6.45, 7) is 0. The first-order valence-corrected chi connectivity index (χ1v) is 4.01. The normalized spacial score (nSPS) is 10.3. The van der Waals surface area contributed by atoms with Gasteiger partial charge >= 0.3 is 5.35 Å². The van der Waals surface area contributed by atoms with Crippen LogP contribution in [0.25, 0.3) is 10.8 Å². The summed E-state index contributed by atoms with van der Waals surface area (Å²) in [7, 11) is 0. The van der Waals surface area contributed by atoms with E-state index in [-0.39, 0.29) is 5.35 Å². The summed E-state index contributed by atoms with van der Waals surface area (Å²) < 4.78 is 4.56. The number of nitrogens with zero attached hydrogens (tertiary/aromatic N) is 3. The molecule has 0 radical (unpaired) electrons. The van der Waals surface area contributed by atoms with Gasteiger partial charge in [0.25, 0.3) is 0 Å². The SMILES string of the molecule is Clc1nc(-c2nccs2)no1. The Kier molecular flexibility index (Phi) is 1.59. The summed E-state index contributed by atoms with van der Waals surface area (Å²) in [5.41, 5.74) is 0. The Morgan fingerprint density at radius 3 is 3.00 bits per heavy atom. The third-order valence-electron chi connectivity index (χ3n) is 1.02. The lowest BCUT2D eigenvalue weighted by Gasteiger charge is -1.78. The monoisotopic (exact) mass is 187 g/mol. The summed E-state index contributed by atoms with van der Waals surface area (Å²) in [6.07, 6.45) is 1.67. The van der Waals surface area contributed by atoms with Crippen LogP contribution in [0.3, 0.4) is 0 Å². The number of halogens is 1. The highest BCUT2D eigenvalue weighted by Gasteiger charge is 2.07. The van der Waals surface area contributed by atoms with Gasteiger partial charge in [0.1, 0.15) is 0 Å². The summed E-state index contributed by atoms with van der Waals surface area (Å²) >= 11 is 6.85. The molecule has 56 valence electrons. The highest BCUT2D eigenvalue weighted by atomic mass is 35.5. The van der Waals surface area contributed by atoms with Crippen LogP contribution in [0.4, 0.5) is 0 Å². The Morgan fingerprint density at radius 2 is 2.45 bits per heavy atom. The molecule has 0 amide bonds. The molecule has 0 atom stereocenters. The van der Waals surface area contributed by atoms with Crippen molar-refractivity contribution in [2.45, 2.75) is 0 Å². The largest absolute Gasteiger partial charge is 0.321 e. The van der Waals surface area contributed by atoms with Crippen molar-refractivity contribution < 1.29 is 4.52 Å². The van der Waals surface area contributed by atoms with Crippen LogP contribution in [0.1, 0.15) is 0 Å². The Hall–Kier alpha value is -0.940. The predicted octanol–water partition coefficient (Wildman–Crippen LogP) is 1.85. The fourth-order valence-corrected chi connectivity index (χ4v) is 1.30. The Bertz CT molecular complexity index is 344. The first kappa shape index (κ1) is 6.75. The molecule has 11 heavy (non-hydrogen) atoms. The van der Waals surface area contributed by atoms with E-state index >= 15 is 0 Å². The van der Waals surface area contributed by atoms with E-state index in [9.17, 15) is 0 Å². The van der Waals surface area contributed by atoms with Crippen LogP contribution in [0.15, 0.2) is 16.1 Å². The van der Waals surface area contributed by atoms with Gasteiger partial charge in [-0.1, -0.05) is 5.16 Å². The molecule has 2 aromatic heterocycles. The summed E-state index contributed by atoms with van der Waals surface area (Å²) in [4.78, 5) is 7.76. The summed E-state index contributed by atoms with van der Waals surface area (Å²) in [5.74, 6) is 0.435. The third-order valence-corrected chi connectivity index (χ3v) is 1.95. The van der Waals surface area contributed by atoms with E-state index < -0.39 is 0 Å². The smallest absolute Gasteiger partial charge is 0.320 e. The molecular formula is C5H2ClN3OS. The maximum absolute atomic E-state index is 5.41. The second-order valence-corrected chi connectivity index (χ2v) is 2.93. The van der Waals surface area contributed by atoms with E-state index in [1.807, 2.05) is 5.38 Å². The molecule has 0 fully saturated rings. The first-order chi connectivity index (χ1) is 5.36. The van der Waals surface area contributed by atoms with Crippen molar-refractivity contribution in [3.8, 4) is 10.8 Å². The van der Waals surface area contributed by atoms with Gasteiger partial charge in [-0.05, 0) is 11.6 Å². The molecule has 0 N–H and O–H groups in total. The second kappa shape index (κ2) is 2.60. The van der Waals surface area contributed by atoms with E-state index in [2.05, 4.69) is 19.6 Å². The van der Waals surface area contributed by atoms with Gasteiger partial charge in [-0.3, -0.25) is 0 Å². The zero-order chi connectivity index (χ0) is 7.68. The van der Waals surface area contributed by atoms with Gasteiger partial charge in [-0.25, -0.2) is 4.98 Å². The molecule has 0 aromatic carbocycles. The first-order valence-electron chi connectivity index (χ1n) is 2.75. The minimum Gasteiger partial charge on any atom is -0.321 e. The van der Waals surface area contributed by atoms with Crippen molar-refractivity contribution in [2.75, 3.05) is 0 Å². The van der Waals surface area contributed by atoms with Gasteiger partial charge in [0.05, 0.1) is 0 Å². The quantitative estimate of drug-likeness (QED) is 0.684. The number of hydrogen-bond acceptors (Lipinski definition) is 5. The van der Waals surface area contributed by atoms with E-state index in [1.165, 1.54) is 11.3 Å². The van der Waals surface area contributed by atoms with Crippen LogP contribution < -0.4 is 0 Å². The van der Waals surface area contributed by atoms with Gasteiger partial charge < -0.3 is 4.52 Å². The summed E-state index contributed by atoms with van der Waals surface area (Å²) in [5, 5.41) is 6.17. The molecule has 2 aromatic rings. The fourth-order valence-electron chi connectivity index (χ4n) is 0.626. The topological polar surface area (TPSA) is 51.8 Å². The third kappa shape index (κ3) is 1.24. The number of aromatic nitrogens is 3. The van der Waals surface area contributed by atoms with Gasteiger partial charge in [0.15, 0.2) is 5.01 Å². The maximum atomic E-state index is 5.41. The maximum Gasteiger partial charge on any atom is 0.320 e. The van der Waals surface area contributed by atoms with Crippen LogP contribution >= 0.6 is 22.9 Å². The van der Waals surface area contributed by atoms with Gasteiger partial charge in [0.2, 0.25) is 5.82 Å². The van der Waals surface area contributed by atoms with Crippen molar-refractivity contribution in [1.29, 1.82) is 0 Å². The van der Waals surface area contributed by atoms with Gasteiger partial charge in [0, 0.05) is 11.6 Å². The molecule has 0 spiro atoms. The lowest BCUT2D eigenvalue weighted by atomic mass is 10.7. The minimum absolute atomic E-state index is 0.0372. The van der Waals surface area contributed by atoms with Gasteiger partial charge in [-0.15, -0.1) is 11.3 Å². The molecule has 0 unspecified atom stereocenters. The van der Waals surface area contributed by atoms with Crippen LogP contribution in [-0.2, 0) is 0 Å². The molecule has 0 bridgehead atoms. The molecule has 2 heterocycles. The van der Waals surface area contributed by atoms with Gasteiger partial charge in [-0.2, -0.15) is 4.98 Å². The number of rotatable bonds is 1. The minimum atomic E-state index is 0.0372. The number of hydrogen-bond donors (Lipinski definition) is 0. The standard InChI is InChI=1S/C5H2ClN3OS/c6-5-8-3(9-10-5)4-7-1-2-11-4/h1-2H. The lowest BCUT2D eigenvalue weighted by Crippen LogP contribution is -1.75. The fraction of sp³-hybridized carbons (Fsp3) is 0. The van der Waals surface area contributed by atoms with E-state index in [1.54, 1.807) is 6.20 Å². The van der Waals surface area contributed by atoms with Crippen molar-refractivity contribution in [3.63, 3.8) is 0 Å². The van der Waals surface area contributed by atoms with Crippen molar-refractivity contribution in [3.05, 3.63) is 16.9 Å². The molecule has 0 saturated heterocycles. The molecule has 0 saturated carbocycles. The zero-order valence-corrected chi connectivity index (χ0v) is 6.76. The van der Waals surface area contributed by atoms with Crippen molar-refractivity contribution in [1.82, 2.24) is 15.1 Å². The van der Waals surface area contributed by atoms with Crippen LogP contribution in [-0.4, -0.2) is 15.1 Å². The predicted molar refractivity (Wildman–Crippen MR) is 40.4 cm³/mol. The number of thiazole rings is 1. The Morgan fingerprint density at radius 1 is 1.55 bits per heavy atom. The van der Waals surface area contributed by atoms with E-state index in [0.29, 0.717) is 10.8 Å². The Balaban J connectivity index is 2.45.